The van der Waals surface area contributed by atoms with Crippen LogP contribution in [-0.2, 0) is 10.2 Å². The summed E-state index contributed by atoms with van der Waals surface area (Å²) in [6.45, 7) is 0.204. The maximum atomic E-state index is 12.1. The van der Waals surface area contributed by atoms with E-state index in [-0.39, 0.29) is 18.6 Å². The van der Waals surface area contributed by atoms with E-state index in [0.717, 1.165) is 12.8 Å². The van der Waals surface area contributed by atoms with Gasteiger partial charge < -0.3 is 5.11 Å². The van der Waals surface area contributed by atoms with Crippen LogP contribution in [0, 0.1) is 0 Å². The first kappa shape index (κ1) is 13.1. The number of aromatic nitrogens is 3. The molecule has 0 saturated carbocycles. The van der Waals surface area contributed by atoms with Crippen LogP contribution in [0.4, 0.5) is 5.95 Å². The quantitative estimate of drug-likeness (QED) is 0.756. The monoisotopic (exact) mass is 273 g/mol. The average molecular weight is 273 g/mol. The summed E-state index contributed by atoms with van der Waals surface area (Å²) in [6.07, 6.45) is 5.07. The molecule has 0 aliphatic carbocycles. The molecule has 2 N–H and O–H groups in total. The van der Waals surface area contributed by atoms with Gasteiger partial charge in [0.15, 0.2) is 0 Å². The van der Waals surface area contributed by atoms with E-state index in [1.807, 2.05) is 0 Å². The maximum Gasteiger partial charge on any atom is 0.304 e. The number of nitrogens with one attached hydrogen (secondary N) is 1. The van der Waals surface area contributed by atoms with Gasteiger partial charge in [-0.2, -0.15) is 17.8 Å². The molecular weight excluding hydrogens is 258 g/mol. The zero-order valence-corrected chi connectivity index (χ0v) is 10.5. The normalized spacial score (nSPS) is 21.7. The number of piperidine rings is 1. The standard InChI is InChI=1S/C9H15N5O3S/c15-7-8-3-1-2-6-14(8)18(16,17)13-9-10-4-5-11-12-9/h4-5,8,15H,1-3,6-7H2,(H,10,12,13). The smallest absolute Gasteiger partial charge is 0.304 e. The molecule has 0 radical (unpaired) electrons. The Bertz CT molecular complexity index is 480. The Morgan fingerprint density at radius 3 is 2.94 bits per heavy atom. The Hall–Kier alpha value is -1.32. The molecule has 0 spiro atoms. The molecule has 1 atom stereocenters. The number of rotatable bonds is 4. The van der Waals surface area contributed by atoms with Crippen molar-refractivity contribution in [3.8, 4) is 0 Å². The lowest BCUT2D eigenvalue weighted by Gasteiger charge is -2.33. The first-order valence-electron chi connectivity index (χ1n) is 5.67. The summed E-state index contributed by atoms with van der Waals surface area (Å²) >= 11 is 0. The highest BCUT2D eigenvalue weighted by Gasteiger charge is 2.32. The molecule has 0 amide bonds. The fourth-order valence-corrected chi connectivity index (χ4v) is 3.32. The Morgan fingerprint density at radius 1 is 1.44 bits per heavy atom. The van der Waals surface area contributed by atoms with Gasteiger partial charge in [0.25, 0.3) is 5.95 Å². The summed E-state index contributed by atoms with van der Waals surface area (Å²) in [7, 11) is -3.74. The van der Waals surface area contributed by atoms with Gasteiger partial charge in [-0.15, -0.1) is 5.10 Å². The lowest BCUT2D eigenvalue weighted by atomic mass is 10.1. The summed E-state index contributed by atoms with van der Waals surface area (Å²) in [5, 5.41) is 16.3. The van der Waals surface area contributed by atoms with Crippen molar-refractivity contribution in [3.05, 3.63) is 12.4 Å². The van der Waals surface area contributed by atoms with Gasteiger partial charge in [0, 0.05) is 12.6 Å². The summed E-state index contributed by atoms with van der Waals surface area (Å²) < 4.78 is 27.8. The molecule has 100 valence electrons. The molecule has 1 fully saturated rings. The largest absolute Gasteiger partial charge is 0.395 e. The summed E-state index contributed by atoms with van der Waals surface area (Å²) in [4.78, 5) is 3.76. The molecule has 1 unspecified atom stereocenters. The van der Waals surface area contributed by atoms with E-state index in [1.165, 1.54) is 16.7 Å². The highest BCUT2D eigenvalue weighted by Crippen LogP contribution is 2.20. The molecular formula is C9H15N5O3S. The van der Waals surface area contributed by atoms with Crippen LogP contribution in [0.2, 0.25) is 0 Å². The number of hydrogen-bond acceptors (Lipinski definition) is 6. The third-order valence-corrected chi connectivity index (χ3v) is 4.33. The van der Waals surface area contributed by atoms with Crippen LogP contribution in [0.5, 0.6) is 0 Å². The van der Waals surface area contributed by atoms with Gasteiger partial charge in [-0.3, -0.25) is 0 Å². The third kappa shape index (κ3) is 2.92. The summed E-state index contributed by atoms with van der Waals surface area (Å²) in [5.74, 6) is -0.0697. The van der Waals surface area contributed by atoms with Crippen LogP contribution in [0.25, 0.3) is 0 Å². The van der Waals surface area contributed by atoms with Crippen molar-refractivity contribution in [1.29, 1.82) is 0 Å². The molecule has 18 heavy (non-hydrogen) atoms. The highest BCUT2D eigenvalue weighted by molar-refractivity contribution is 7.90. The van der Waals surface area contributed by atoms with Gasteiger partial charge in [0.2, 0.25) is 0 Å². The van der Waals surface area contributed by atoms with Crippen LogP contribution in [0.1, 0.15) is 19.3 Å². The van der Waals surface area contributed by atoms with Crippen LogP contribution in [0.15, 0.2) is 12.4 Å². The van der Waals surface area contributed by atoms with Crippen LogP contribution < -0.4 is 4.72 Å². The average Bonchev–Trinajstić information content (AvgIpc) is 2.39. The number of aliphatic hydroxyl groups is 1. The van der Waals surface area contributed by atoms with Crippen molar-refractivity contribution < 1.29 is 13.5 Å². The zero-order chi connectivity index (χ0) is 13.0. The van der Waals surface area contributed by atoms with Crippen LogP contribution >= 0.6 is 0 Å². The van der Waals surface area contributed by atoms with Crippen molar-refractivity contribution in [2.75, 3.05) is 17.9 Å². The SMILES string of the molecule is O=S(=O)(Nc1nccnn1)N1CCCCC1CO. The minimum atomic E-state index is -3.74. The van der Waals surface area contributed by atoms with E-state index in [9.17, 15) is 13.5 Å². The number of hydrogen-bond donors (Lipinski definition) is 2. The maximum absolute atomic E-state index is 12.1. The van der Waals surface area contributed by atoms with E-state index in [2.05, 4.69) is 19.9 Å². The van der Waals surface area contributed by atoms with Gasteiger partial charge in [0.1, 0.15) is 0 Å². The minimum absolute atomic E-state index is 0.0697. The number of aliphatic hydroxyl groups excluding tert-OH is 1. The van der Waals surface area contributed by atoms with Crippen molar-refractivity contribution in [2.45, 2.75) is 25.3 Å². The van der Waals surface area contributed by atoms with Crippen molar-refractivity contribution >= 4 is 16.2 Å². The molecule has 0 aromatic carbocycles. The molecule has 0 bridgehead atoms. The topological polar surface area (TPSA) is 108 Å². The van der Waals surface area contributed by atoms with E-state index in [1.54, 1.807) is 0 Å². The first-order valence-corrected chi connectivity index (χ1v) is 7.11. The second-order valence-corrected chi connectivity index (χ2v) is 5.64. The molecule has 8 nitrogen and oxygen atoms in total. The molecule has 1 aromatic rings. The van der Waals surface area contributed by atoms with E-state index < -0.39 is 10.2 Å². The van der Waals surface area contributed by atoms with E-state index in [4.69, 9.17) is 0 Å². The second-order valence-electron chi connectivity index (χ2n) is 4.02. The molecule has 9 heteroatoms. The van der Waals surface area contributed by atoms with Gasteiger partial charge in [-0.1, -0.05) is 6.42 Å². The fourth-order valence-electron chi connectivity index (χ4n) is 1.94. The molecule has 1 aliphatic heterocycles. The third-order valence-electron chi connectivity index (χ3n) is 2.80. The lowest BCUT2D eigenvalue weighted by Crippen LogP contribution is -2.48. The second kappa shape index (κ2) is 5.55. The van der Waals surface area contributed by atoms with Gasteiger partial charge >= 0.3 is 10.2 Å². The lowest BCUT2D eigenvalue weighted by molar-refractivity contribution is 0.155. The Morgan fingerprint density at radius 2 is 2.28 bits per heavy atom. The fraction of sp³-hybridized carbons (Fsp3) is 0.667. The van der Waals surface area contributed by atoms with E-state index in [0.29, 0.717) is 13.0 Å². The predicted molar refractivity (Wildman–Crippen MR) is 63.8 cm³/mol. The van der Waals surface area contributed by atoms with Gasteiger partial charge in [-0.25, -0.2) is 9.71 Å². The number of anilines is 1. The summed E-state index contributed by atoms with van der Waals surface area (Å²) in [6, 6.07) is -0.382. The Labute approximate surface area is 105 Å². The summed E-state index contributed by atoms with van der Waals surface area (Å²) in [5.41, 5.74) is 0. The predicted octanol–water partition coefficient (Wildman–Crippen LogP) is -0.625. The molecule has 1 aromatic heterocycles. The highest BCUT2D eigenvalue weighted by atomic mass is 32.2. The van der Waals surface area contributed by atoms with Gasteiger partial charge in [-0.05, 0) is 12.8 Å². The molecule has 1 saturated heterocycles. The minimum Gasteiger partial charge on any atom is -0.395 e. The van der Waals surface area contributed by atoms with E-state index >= 15 is 0 Å². The zero-order valence-electron chi connectivity index (χ0n) is 9.73. The van der Waals surface area contributed by atoms with Crippen molar-refractivity contribution in [1.82, 2.24) is 19.5 Å². The molecule has 1 aliphatic rings. The van der Waals surface area contributed by atoms with Crippen LogP contribution in [-0.4, -0.2) is 52.2 Å². The Balaban J connectivity index is 2.14. The first-order chi connectivity index (χ1) is 8.63. The van der Waals surface area contributed by atoms with Gasteiger partial charge in [0.05, 0.1) is 19.0 Å². The van der Waals surface area contributed by atoms with Crippen molar-refractivity contribution in [3.63, 3.8) is 0 Å². The van der Waals surface area contributed by atoms with Crippen molar-refractivity contribution in [2.24, 2.45) is 0 Å². The molecule has 2 rings (SSSR count). The van der Waals surface area contributed by atoms with Crippen LogP contribution in [0.3, 0.4) is 0 Å². The molecule has 2 heterocycles. The number of nitrogens with zero attached hydrogens (tertiary/aromatic N) is 4. The Kier molecular flexibility index (Phi) is 4.04.